The van der Waals surface area contributed by atoms with Gasteiger partial charge >= 0.3 is 0 Å². The van der Waals surface area contributed by atoms with Crippen molar-refractivity contribution in [3.8, 4) is 5.75 Å². The Morgan fingerprint density at radius 3 is 2.88 bits per heavy atom. The SMILES string of the molecule is O=C(Cc1ccsc1)Nc1ccc(O)c(Br)c1. The third-order valence-electron chi connectivity index (χ3n) is 2.18. The first-order valence-electron chi connectivity index (χ1n) is 4.94. The van der Waals surface area contributed by atoms with Gasteiger partial charge in [-0.25, -0.2) is 0 Å². The lowest BCUT2D eigenvalue weighted by atomic mass is 10.2. The molecule has 0 fully saturated rings. The molecule has 0 bridgehead atoms. The quantitative estimate of drug-likeness (QED) is 0.854. The van der Waals surface area contributed by atoms with Crippen LogP contribution in [0.25, 0.3) is 0 Å². The molecule has 17 heavy (non-hydrogen) atoms. The van der Waals surface area contributed by atoms with Gasteiger partial charge in [-0.15, -0.1) is 0 Å². The van der Waals surface area contributed by atoms with Crippen LogP contribution in [0.15, 0.2) is 39.5 Å². The van der Waals surface area contributed by atoms with Crippen LogP contribution in [0, 0.1) is 0 Å². The lowest BCUT2D eigenvalue weighted by Gasteiger charge is -2.05. The number of phenols is 1. The van der Waals surface area contributed by atoms with Crippen LogP contribution in [0.2, 0.25) is 0 Å². The first kappa shape index (κ1) is 12.1. The molecule has 0 saturated carbocycles. The zero-order valence-electron chi connectivity index (χ0n) is 8.81. The van der Waals surface area contributed by atoms with E-state index in [2.05, 4.69) is 21.2 Å². The Morgan fingerprint density at radius 2 is 2.24 bits per heavy atom. The number of nitrogens with one attached hydrogen (secondary N) is 1. The second-order valence-corrected chi connectivity index (χ2v) is 5.16. The Morgan fingerprint density at radius 1 is 1.41 bits per heavy atom. The van der Waals surface area contributed by atoms with Crippen molar-refractivity contribution in [2.24, 2.45) is 0 Å². The minimum absolute atomic E-state index is 0.0685. The Bertz CT molecular complexity index is 525. The summed E-state index contributed by atoms with van der Waals surface area (Å²) >= 11 is 4.77. The molecule has 1 aromatic carbocycles. The first-order chi connectivity index (χ1) is 8.15. The maximum Gasteiger partial charge on any atom is 0.228 e. The molecule has 5 heteroatoms. The summed E-state index contributed by atoms with van der Waals surface area (Å²) in [7, 11) is 0. The molecule has 1 heterocycles. The number of aromatic hydroxyl groups is 1. The normalized spacial score (nSPS) is 10.2. The third kappa shape index (κ3) is 3.31. The van der Waals surface area contributed by atoms with Crippen LogP contribution in [-0.2, 0) is 11.2 Å². The fraction of sp³-hybridized carbons (Fsp3) is 0.0833. The fourth-order valence-electron chi connectivity index (χ4n) is 1.37. The molecular weight excluding hydrogens is 302 g/mol. The van der Waals surface area contributed by atoms with Gasteiger partial charge in [0.05, 0.1) is 10.9 Å². The minimum atomic E-state index is -0.0685. The fourth-order valence-corrected chi connectivity index (χ4v) is 2.42. The molecule has 2 N–H and O–H groups in total. The number of thiophene rings is 1. The standard InChI is InChI=1S/C12H10BrNO2S/c13-10-6-9(1-2-11(10)15)14-12(16)5-8-3-4-17-7-8/h1-4,6-7,15H,5H2,(H,14,16). The van der Waals surface area contributed by atoms with Gasteiger partial charge in [0.1, 0.15) is 5.75 Å². The van der Waals surface area contributed by atoms with Gasteiger partial charge in [0.2, 0.25) is 5.91 Å². The third-order valence-corrected chi connectivity index (χ3v) is 3.54. The van der Waals surface area contributed by atoms with Crippen LogP contribution in [0.4, 0.5) is 5.69 Å². The van der Waals surface area contributed by atoms with Gasteiger partial charge in [-0.3, -0.25) is 4.79 Å². The number of halogens is 1. The molecule has 0 aliphatic carbocycles. The molecule has 2 aromatic rings. The van der Waals surface area contributed by atoms with E-state index in [-0.39, 0.29) is 11.7 Å². The van der Waals surface area contributed by atoms with Crippen LogP contribution in [0.3, 0.4) is 0 Å². The molecular formula is C12H10BrNO2S. The largest absolute Gasteiger partial charge is 0.507 e. The number of hydrogen-bond acceptors (Lipinski definition) is 3. The van der Waals surface area contributed by atoms with Crippen LogP contribution < -0.4 is 5.32 Å². The van der Waals surface area contributed by atoms with Gasteiger partial charge in [0.15, 0.2) is 0 Å². The first-order valence-corrected chi connectivity index (χ1v) is 6.68. The number of anilines is 1. The molecule has 1 amide bonds. The summed E-state index contributed by atoms with van der Waals surface area (Å²) < 4.78 is 0.561. The molecule has 2 rings (SSSR count). The topological polar surface area (TPSA) is 49.3 Å². The highest BCUT2D eigenvalue weighted by atomic mass is 79.9. The maximum absolute atomic E-state index is 11.7. The van der Waals surface area contributed by atoms with Crippen molar-refractivity contribution in [2.45, 2.75) is 6.42 Å². The monoisotopic (exact) mass is 311 g/mol. The average Bonchev–Trinajstić information content (AvgIpc) is 2.76. The van der Waals surface area contributed by atoms with E-state index in [1.165, 1.54) is 6.07 Å². The Hall–Kier alpha value is -1.33. The number of carbonyl (C=O) groups excluding carboxylic acids is 1. The Labute approximate surface area is 111 Å². The lowest BCUT2D eigenvalue weighted by molar-refractivity contribution is -0.115. The maximum atomic E-state index is 11.7. The molecule has 0 spiro atoms. The van der Waals surface area contributed by atoms with Crippen molar-refractivity contribution < 1.29 is 9.90 Å². The molecule has 0 atom stereocenters. The van der Waals surface area contributed by atoms with Crippen LogP contribution >= 0.6 is 27.3 Å². The van der Waals surface area contributed by atoms with Crippen LogP contribution in [0.5, 0.6) is 5.75 Å². The number of hydrogen-bond donors (Lipinski definition) is 2. The second-order valence-electron chi connectivity index (χ2n) is 3.52. The summed E-state index contributed by atoms with van der Waals surface area (Å²) in [4.78, 5) is 11.7. The molecule has 0 unspecified atom stereocenters. The summed E-state index contributed by atoms with van der Waals surface area (Å²) in [6.45, 7) is 0. The summed E-state index contributed by atoms with van der Waals surface area (Å²) in [6, 6.07) is 6.79. The van der Waals surface area contributed by atoms with Gasteiger partial charge < -0.3 is 10.4 Å². The van der Waals surface area contributed by atoms with Crippen LogP contribution in [-0.4, -0.2) is 11.0 Å². The predicted octanol–water partition coefficient (Wildman–Crippen LogP) is 3.40. The average molecular weight is 312 g/mol. The highest BCUT2D eigenvalue weighted by Crippen LogP contribution is 2.26. The van der Waals surface area contributed by atoms with Gasteiger partial charge in [0.25, 0.3) is 0 Å². The molecule has 0 aliphatic heterocycles. The van der Waals surface area contributed by atoms with E-state index < -0.39 is 0 Å². The van der Waals surface area contributed by atoms with E-state index in [0.717, 1.165) is 5.56 Å². The van der Waals surface area contributed by atoms with Crippen LogP contribution in [0.1, 0.15) is 5.56 Å². The number of carbonyl (C=O) groups is 1. The van der Waals surface area contributed by atoms with Gasteiger partial charge in [0, 0.05) is 5.69 Å². The zero-order valence-corrected chi connectivity index (χ0v) is 11.2. The van der Waals surface area contributed by atoms with Crippen molar-refractivity contribution in [1.82, 2.24) is 0 Å². The van der Waals surface area contributed by atoms with Gasteiger partial charge in [-0.1, -0.05) is 0 Å². The number of rotatable bonds is 3. The lowest BCUT2D eigenvalue weighted by Crippen LogP contribution is -2.13. The molecule has 3 nitrogen and oxygen atoms in total. The van der Waals surface area contributed by atoms with Crippen molar-refractivity contribution >= 4 is 38.9 Å². The summed E-state index contributed by atoms with van der Waals surface area (Å²) in [5, 5.41) is 16.0. The Kier molecular flexibility index (Phi) is 3.81. The van der Waals surface area contributed by atoms with Gasteiger partial charge in [-0.05, 0) is 56.5 Å². The molecule has 0 radical (unpaired) electrons. The molecule has 1 aromatic heterocycles. The number of phenolic OH excluding ortho intramolecular Hbond substituents is 1. The number of benzene rings is 1. The van der Waals surface area contributed by atoms with E-state index in [9.17, 15) is 9.90 Å². The molecule has 0 aliphatic rings. The summed E-state index contributed by atoms with van der Waals surface area (Å²) in [5.41, 5.74) is 1.67. The van der Waals surface area contributed by atoms with E-state index in [4.69, 9.17) is 0 Å². The molecule has 88 valence electrons. The van der Waals surface area contributed by atoms with E-state index in [1.807, 2.05) is 16.8 Å². The smallest absolute Gasteiger partial charge is 0.228 e. The Balaban J connectivity index is 2.00. The van der Waals surface area contributed by atoms with Crippen molar-refractivity contribution in [3.05, 3.63) is 45.1 Å². The van der Waals surface area contributed by atoms with Crippen molar-refractivity contribution in [1.29, 1.82) is 0 Å². The zero-order chi connectivity index (χ0) is 12.3. The second kappa shape index (κ2) is 5.33. The van der Waals surface area contributed by atoms with E-state index in [1.54, 1.807) is 23.5 Å². The summed E-state index contributed by atoms with van der Waals surface area (Å²) in [5.74, 6) is 0.0850. The number of amides is 1. The van der Waals surface area contributed by atoms with Gasteiger partial charge in [-0.2, -0.15) is 11.3 Å². The summed E-state index contributed by atoms with van der Waals surface area (Å²) in [6.07, 6.45) is 0.363. The predicted molar refractivity (Wildman–Crippen MR) is 72.5 cm³/mol. The van der Waals surface area contributed by atoms with E-state index in [0.29, 0.717) is 16.6 Å². The highest BCUT2D eigenvalue weighted by molar-refractivity contribution is 9.10. The molecule has 0 saturated heterocycles. The highest BCUT2D eigenvalue weighted by Gasteiger charge is 2.06. The van der Waals surface area contributed by atoms with Crippen molar-refractivity contribution in [2.75, 3.05) is 5.32 Å². The van der Waals surface area contributed by atoms with E-state index >= 15 is 0 Å². The minimum Gasteiger partial charge on any atom is -0.507 e. The van der Waals surface area contributed by atoms with Crippen molar-refractivity contribution in [3.63, 3.8) is 0 Å².